The van der Waals surface area contributed by atoms with Gasteiger partial charge in [-0.1, -0.05) is 18.2 Å². The summed E-state index contributed by atoms with van der Waals surface area (Å²) in [4.78, 5) is 0. The highest BCUT2D eigenvalue weighted by atomic mass is 19.4. The van der Waals surface area contributed by atoms with Gasteiger partial charge in [-0.25, -0.2) is 4.39 Å². The van der Waals surface area contributed by atoms with Crippen molar-refractivity contribution < 1.29 is 17.6 Å². The molecule has 0 amide bonds. The van der Waals surface area contributed by atoms with Gasteiger partial charge < -0.3 is 5.73 Å². The fourth-order valence-electron chi connectivity index (χ4n) is 1.30. The largest absolute Gasteiger partial charge is 0.416 e. The van der Waals surface area contributed by atoms with Crippen LogP contribution in [-0.2, 0) is 12.6 Å². The lowest BCUT2D eigenvalue weighted by atomic mass is 10.0. The van der Waals surface area contributed by atoms with Gasteiger partial charge in [0.1, 0.15) is 6.17 Å². The topological polar surface area (TPSA) is 26.0 Å². The molecule has 0 radical (unpaired) electrons. The first-order chi connectivity index (χ1) is 6.95. The Morgan fingerprint density at radius 3 is 2.33 bits per heavy atom. The minimum absolute atomic E-state index is 0.0528. The van der Waals surface area contributed by atoms with E-state index >= 15 is 0 Å². The summed E-state index contributed by atoms with van der Waals surface area (Å²) in [6, 6.07) is 4.94. The van der Waals surface area contributed by atoms with Crippen LogP contribution < -0.4 is 5.73 Å². The van der Waals surface area contributed by atoms with E-state index in [2.05, 4.69) is 0 Å². The van der Waals surface area contributed by atoms with Gasteiger partial charge in [0.15, 0.2) is 0 Å². The van der Waals surface area contributed by atoms with Crippen molar-refractivity contribution in [3.63, 3.8) is 0 Å². The summed E-state index contributed by atoms with van der Waals surface area (Å²) in [5.41, 5.74) is 4.18. The average Bonchev–Trinajstić information content (AvgIpc) is 2.17. The Morgan fingerprint density at radius 1 is 1.20 bits per heavy atom. The highest BCUT2D eigenvalue weighted by Crippen LogP contribution is 2.32. The van der Waals surface area contributed by atoms with Gasteiger partial charge in [-0.05, 0) is 11.6 Å². The normalized spacial score (nSPS) is 13.9. The molecule has 15 heavy (non-hydrogen) atoms. The molecule has 1 atom stereocenters. The number of halogens is 4. The first-order valence-corrected chi connectivity index (χ1v) is 4.44. The molecule has 5 heteroatoms. The minimum Gasteiger partial charge on any atom is -0.328 e. The van der Waals surface area contributed by atoms with Gasteiger partial charge in [-0.15, -0.1) is 0 Å². The molecule has 1 unspecified atom stereocenters. The van der Waals surface area contributed by atoms with Crippen molar-refractivity contribution in [1.82, 2.24) is 0 Å². The van der Waals surface area contributed by atoms with Crippen molar-refractivity contribution in [3.05, 3.63) is 35.4 Å². The minimum atomic E-state index is -4.44. The average molecular weight is 221 g/mol. The summed E-state index contributed by atoms with van der Waals surface area (Å²) in [5.74, 6) is 0. The van der Waals surface area contributed by atoms with Crippen LogP contribution in [0.4, 0.5) is 17.6 Å². The van der Waals surface area contributed by atoms with Gasteiger partial charge in [-0.2, -0.15) is 13.2 Å². The second kappa shape index (κ2) is 4.61. The van der Waals surface area contributed by atoms with Gasteiger partial charge in [-0.3, -0.25) is 0 Å². The molecule has 0 saturated heterocycles. The summed E-state index contributed by atoms with van der Waals surface area (Å²) in [7, 11) is 0. The Balaban J connectivity index is 2.97. The van der Waals surface area contributed by atoms with Gasteiger partial charge in [0.05, 0.1) is 5.56 Å². The molecule has 0 aromatic heterocycles. The lowest BCUT2D eigenvalue weighted by Gasteiger charge is -2.13. The monoisotopic (exact) mass is 221 g/mol. The van der Waals surface area contributed by atoms with Crippen LogP contribution in [0.2, 0.25) is 0 Å². The Labute approximate surface area is 84.9 Å². The van der Waals surface area contributed by atoms with Crippen LogP contribution in [0.5, 0.6) is 0 Å². The third-order valence-corrected chi connectivity index (χ3v) is 2.02. The fourth-order valence-corrected chi connectivity index (χ4v) is 1.30. The van der Waals surface area contributed by atoms with Gasteiger partial charge >= 0.3 is 6.18 Å². The first kappa shape index (κ1) is 12.0. The lowest BCUT2D eigenvalue weighted by molar-refractivity contribution is -0.138. The van der Waals surface area contributed by atoms with Crippen LogP contribution in [0.3, 0.4) is 0 Å². The van der Waals surface area contributed by atoms with Crippen LogP contribution in [0.1, 0.15) is 11.1 Å². The van der Waals surface area contributed by atoms with Crippen molar-refractivity contribution in [2.45, 2.75) is 18.8 Å². The zero-order valence-corrected chi connectivity index (χ0v) is 7.89. The predicted octanol–water partition coefficient (Wildman–Crippen LogP) is 2.54. The van der Waals surface area contributed by atoms with Crippen molar-refractivity contribution in [1.29, 1.82) is 0 Å². The van der Waals surface area contributed by atoms with Gasteiger partial charge in [0.2, 0.25) is 0 Å². The molecule has 0 heterocycles. The van der Waals surface area contributed by atoms with E-state index in [-0.39, 0.29) is 18.5 Å². The van der Waals surface area contributed by atoms with Crippen molar-refractivity contribution in [2.24, 2.45) is 5.73 Å². The molecule has 0 bridgehead atoms. The van der Waals surface area contributed by atoms with Crippen LogP contribution in [0.25, 0.3) is 0 Å². The molecule has 84 valence electrons. The molecule has 1 aromatic carbocycles. The van der Waals surface area contributed by atoms with E-state index in [1.165, 1.54) is 18.2 Å². The molecule has 0 aliphatic heterocycles. The van der Waals surface area contributed by atoms with Crippen LogP contribution in [0.15, 0.2) is 24.3 Å². The predicted molar refractivity (Wildman–Crippen MR) is 49.1 cm³/mol. The van der Waals surface area contributed by atoms with Crippen molar-refractivity contribution >= 4 is 0 Å². The molecule has 2 N–H and O–H groups in total. The Kier molecular flexibility index (Phi) is 3.68. The Bertz CT molecular complexity index is 321. The van der Waals surface area contributed by atoms with E-state index in [9.17, 15) is 17.6 Å². The second-order valence-electron chi connectivity index (χ2n) is 3.19. The van der Waals surface area contributed by atoms with E-state index in [0.29, 0.717) is 0 Å². The zero-order chi connectivity index (χ0) is 11.5. The number of rotatable bonds is 3. The number of nitrogens with two attached hydrogens (primary N) is 1. The molecule has 0 spiro atoms. The van der Waals surface area contributed by atoms with E-state index in [1.807, 2.05) is 0 Å². The second-order valence-corrected chi connectivity index (χ2v) is 3.19. The lowest BCUT2D eigenvalue weighted by Crippen LogP contribution is -2.20. The van der Waals surface area contributed by atoms with Crippen LogP contribution in [0, 0.1) is 0 Å². The van der Waals surface area contributed by atoms with E-state index in [1.54, 1.807) is 0 Å². The summed E-state index contributed by atoms with van der Waals surface area (Å²) >= 11 is 0. The zero-order valence-electron chi connectivity index (χ0n) is 7.89. The molecule has 1 rings (SSSR count). The van der Waals surface area contributed by atoms with Crippen molar-refractivity contribution in [2.75, 3.05) is 6.54 Å². The molecular formula is C10H11F4N. The maximum absolute atomic E-state index is 12.9. The molecular weight excluding hydrogens is 210 g/mol. The number of hydrogen-bond donors (Lipinski definition) is 1. The van der Waals surface area contributed by atoms with Crippen molar-refractivity contribution in [3.8, 4) is 0 Å². The number of hydrogen-bond acceptors (Lipinski definition) is 1. The smallest absolute Gasteiger partial charge is 0.328 e. The summed E-state index contributed by atoms with van der Waals surface area (Å²) in [5, 5.41) is 0. The molecule has 1 nitrogen and oxygen atoms in total. The molecule has 0 aliphatic rings. The highest BCUT2D eigenvalue weighted by Gasteiger charge is 2.33. The summed E-state index contributed by atoms with van der Waals surface area (Å²) in [6.45, 7) is -0.272. The number of benzene rings is 1. The Hall–Kier alpha value is -1.10. The van der Waals surface area contributed by atoms with Crippen LogP contribution >= 0.6 is 0 Å². The molecule has 0 fully saturated rings. The first-order valence-electron chi connectivity index (χ1n) is 4.44. The van der Waals surface area contributed by atoms with Gasteiger partial charge in [0.25, 0.3) is 0 Å². The molecule has 0 aliphatic carbocycles. The summed E-state index contributed by atoms with van der Waals surface area (Å²) < 4.78 is 50.2. The summed E-state index contributed by atoms with van der Waals surface area (Å²) in [6.07, 6.45) is -6.18. The molecule has 0 saturated carbocycles. The third-order valence-electron chi connectivity index (χ3n) is 2.02. The SMILES string of the molecule is NCC(F)Cc1ccccc1C(F)(F)F. The highest BCUT2D eigenvalue weighted by molar-refractivity contribution is 5.30. The van der Waals surface area contributed by atoms with E-state index in [4.69, 9.17) is 5.73 Å². The van der Waals surface area contributed by atoms with E-state index in [0.717, 1.165) is 6.07 Å². The number of alkyl halides is 4. The maximum atomic E-state index is 12.9. The third kappa shape index (κ3) is 3.20. The molecule has 1 aromatic rings. The fraction of sp³-hybridized carbons (Fsp3) is 0.400. The standard InChI is InChI=1S/C10H11F4N/c11-8(6-15)5-7-3-1-2-4-9(7)10(12,13)14/h1-4,8H,5-6,15H2. The Morgan fingerprint density at radius 2 is 1.80 bits per heavy atom. The van der Waals surface area contributed by atoms with E-state index < -0.39 is 17.9 Å². The van der Waals surface area contributed by atoms with Crippen LogP contribution in [-0.4, -0.2) is 12.7 Å². The van der Waals surface area contributed by atoms with Gasteiger partial charge in [0, 0.05) is 13.0 Å². The maximum Gasteiger partial charge on any atom is 0.416 e. The quantitative estimate of drug-likeness (QED) is 0.780.